The summed E-state index contributed by atoms with van der Waals surface area (Å²) in [6.07, 6.45) is 3.66. The highest BCUT2D eigenvalue weighted by Gasteiger charge is 2.43. The zero-order chi connectivity index (χ0) is 24.7. The Morgan fingerprint density at radius 3 is 2.50 bits per heavy atom. The predicted molar refractivity (Wildman–Crippen MR) is 130 cm³/mol. The van der Waals surface area contributed by atoms with Crippen molar-refractivity contribution in [1.82, 2.24) is 4.90 Å². The number of carbonyl (C=O) groups is 2. The number of aliphatic hydroxyl groups is 1. The molecule has 7 heteroatoms. The number of nitrogens with zero attached hydrogens (tertiary/aromatic N) is 1. The van der Waals surface area contributed by atoms with E-state index in [1.807, 2.05) is 44.2 Å². The summed E-state index contributed by atoms with van der Waals surface area (Å²) in [4.78, 5) is 27.8. The lowest BCUT2D eigenvalue weighted by Crippen LogP contribution is -2.33. The van der Waals surface area contributed by atoms with E-state index in [9.17, 15) is 14.7 Å². The molecule has 0 fully saturated rings. The smallest absolute Gasteiger partial charge is 0.290 e. The lowest BCUT2D eigenvalue weighted by molar-refractivity contribution is -0.129. The van der Waals surface area contributed by atoms with Gasteiger partial charge in [-0.15, -0.1) is 0 Å². The van der Waals surface area contributed by atoms with Crippen molar-refractivity contribution in [2.45, 2.75) is 32.4 Å². The van der Waals surface area contributed by atoms with Crippen molar-refractivity contribution in [3.05, 3.63) is 77.1 Å². The van der Waals surface area contributed by atoms with Crippen molar-refractivity contribution < 1.29 is 28.9 Å². The van der Waals surface area contributed by atoms with E-state index in [2.05, 4.69) is 0 Å². The number of amides is 1. The topological polar surface area (TPSA) is 85.3 Å². The van der Waals surface area contributed by atoms with Crippen LogP contribution in [0.4, 0.5) is 0 Å². The van der Waals surface area contributed by atoms with Crippen LogP contribution in [0.15, 0.2) is 65.9 Å². The van der Waals surface area contributed by atoms with Crippen LogP contribution in [0.1, 0.15) is 37.4 Å². The van der Waals surface area contributed by atoms with Crippen molar-refractivity contribution in [1.29, 1.82) is 0 Å². The molecule has 1 aliphatic rings. The number of aliphatic hydroxyl groups excluding tert-OH is 1. The van der Waals surface area contributed by atoms with Gasteiger partial charge in [-0.2, -0.15) is 0 Å². The van der Waals surface area contributed by atoms with Gasteiger partial charge in [0.1, 0.15) is 11.5 Å². The molecule has 0 unspecified atom stereocenters. The van der Waals surface area contributed by atoms with Crippen LogP contribution in [0.2, 0.25) is 0 Å². The second kappa shape index (κ2) is 11.5. The Bertz CT molecular complexity index is 1070. The molecule has 3 rings (SSSR count). The maximum Gasteiger partial charge on any atom is 0.290 e. The summed E-state index contributed by atoms with van der Waals surface area (Å²) in [6.45, 7) is 4.63. The van der Waals surface area contributed by atoms with Crippen LogP contribution >= 0.6 is 0 Å². The molecule has 2 aromatic carbocycles. The first kappa shape index (κ1) is 25.1. The zero-order valence-electron chi connectivity index (χ0n) is 20.0. The van der Waals surface area contributed by atoms with Crippen molar-refractivity contribution in [3.8, 4) is 11.5 Å². The Morgan fingerprint density at radius 1 is 1.12 bits per heavy atom. The van der Waals surface area contributed by atoms with E-state index in [-0.39, 0.29) is 11.7 Å². The maximum atomic E-state index is 13.3. The molecule has 2 aromatic rings. The van der Waals surface area contributed by atoms with Gasteiger partial charge in [-0.25, -0.2) is 0 Å². The minimum atomic E-state index is -0.805. The van der Waals surface area contributed by atoms with Crippen molar-refractivity contribution in [2.75, 3.05) is 27.4 Å². The van der Waals surface area contributed by atoms with Crippen LogP contribution in [0.3, 0.4) is 0 Å². The molecule has 180 valence electrons. The highest BCUT2D eigenvalue weighted by atomic mass is 16.5. The molecule has 0 spiro atoms. The fourth-order valence-corrected chi connectivity index (χ4v) is 3.88. The highest BCUT2D eigenvalue weighted by molar-refractivity contribution is 6.14. The second-order valence-corrected chi connectivity index (χ2v) is 8.15. The molecule has 1 aliphatic heterocycles. The third-order valence-electron chi connectivity index (χ3n) is 5.53. The third kappa shape index (κ3) is 5.66. The lowest BCUT2D eigenvalue weighted by Gasteiger charge is -2.28. The second-order valence-electron chi connectivity index (χ2n) is 8.15. The van der Waals surface area contributed by atoms with Gasteiger partial charge in [0, 0.05) is 24.8 Å². The standard InChI is InChI=1S/C27H31NO6/c1-18(2)34-16-8-15-28-25(21-13-12-20(32-3)17-23(21)33-4)24(26(30)27(28)31)22(29)14-11-19-9-6-5-7-10-19/h5-7,9-14,17-18,25,30H,8,15-16H2,1-4H3/b14-11+/t25-/m1/s1. The molecule has 0 bridgehead atoms. The number of benzene rings is 2. The first-order valence-corrected chi connectivity index (χ1v) is 11.2. The molecule has 1 amide bonds. The van der Waals surface area contributed by atoms with Crippen molar-refractivity contribution >= 4 is 17.8 Å². The van der Waals surface area contributed by atoms with Gasteiger partial charge in [-0.05, 0) is 44.0 Å². The van der Waals surface area contributed by atoms with E-state index < -0.39 is 23.5 Å². The van der Waals surface area contributed by atoms with Crippen LogP contribution in [0.5, 0.6) is 11.5 Å². The predicted octanol–water partition coefficient (Wildman–Crippen LogP) is 4.50. The number of rotatable bonds is 11. The van der Waals surface area contributed by atoms with Crippen molar-refractivity contribution in [2.24, 2.45) is 0 Å². The Morgan fingerprint density at radius 2 is 1.85 bits per heavy atom. The average molecular weight is 466 g/mol. The Balaban J connectivity index is 1.98. The van der Waals surface area contributed by atoms with Gasteiger partial charge >= 0.3 is 0 Å². The number of ketones is 1. The minimum Gasteiger partial charge on any atom is -0.503 e. The fourth-order valence-electron chi connectivity index (χ4n) is 3.88. The summed E-state index contributed by atoms with van der Waals surface area (Å²) >= 11 is 0. The van der Waals surface area contributed by atoms with Crippen LogP contribution in [0, 0.1) is 0 Å². The number of hydrogen-bond acceptors (Lipinski definition) is 6. The minimum absolute atomic E-state index is 0.0189. The summed E-state index contributed by atoms with van der Waals surface area (Å²) in [5.41, 5.74) is 1.44. The zero-order valence-corrected chi connectivity index (χ0v) is 20.0. The van der Waals surface area contributed by atoms with Crippen LogP contribution in [0.25, 0.3) is 6.08 Å². The molecule has 1 atom stereocenters. The van der Waals surface area contributed by atoms with Gasteiger partial charge in [-0.3, -0.25) is 9.59 Å². The van der Waals surface area contributed by atoms with E-state index >= 15 is 0 Å². The molecular weight excluding hydrogens is 434 g/mol. The number of allylic oxidation sites excluding steroid dienone is 1. The van der Waals surface area contributed by atoms with E-state index in [0.29, 0.717) is 36.6 Å². The van der Waals surface area contributed by atoms with Gasteiger partial charge in [-0.1, -0.05) is 36.4 Å². The first-order valence-electron chi connectivity index (χ1n) is 11.2. The van der Waals surface area contributed by atoms with E-state index in [4.69, 9.17) is 14.2 Å². The summed E-state index contributed by atoms with van der Waals surface area (Å²) in [5, 5.41) is 10.8. The largest absolute Gasteiger partial charge is 0.503 e. The Kier molecular flexibility index (Phi) is 8.49. The summed E-state index contributed by atoms with van der Waals surface area (Å²) < 4.78 is 16.5. The van der Waals surface area contributed by atoms with Gasteiger partial charge in [0.05, 0.1) is 31.9 Å². The van der Waals surface area contributed by atoms with E-state index in [1.54, 1.807) is 31.4 Å². The van der Waals surface area contributed by atoms with Gasteiger partial charge < -0.3 is 24.2 Å². The highest BCUT2D eigenvalue weighted by Crippen LogP contribution is 2.42. The Hall–Kier alpha value is -3.58. The SMILES string of the molecule is COc1ccc([C@@H]2C(C(=O)/C=C/c3ccccc3)=C(O)C(=O)N2CCCOC(C)C)c(OC)c1. The normalized spacial score (nSPS) is 16.1. The molecule has 1 N–H and O–H groups in total. The van der Waals surface area contributed by atoms with Crippen LogP contribution < -0.4 is 9.47 Å². The fraction of sp³-hybridized carbons (Fsp3) is 0.333. The molecule has 0 aliphatic carbocycles. The summed E-state index contributed by atoms with van der Waals surface area (Å²) in [6, 6.07) is 13.7. The van der Waals surface area contributed by atoms with Gasteiger partial charge in [0.15, 0.2) is 11.5 Å². The summed E-state index contributed by atoms with van der Waals surface area (Å²) in [7, 11) is 3.06. The molecule has 7 nitrogen and oxygen atoms in total. The quantitative estimate of drug-likeness (QED) is 0.389. The molecule has 0 aromatic heterocycles. The van der Waals surface area contributed by atoms with Gasteiger partial charge in [0.25, 0.3) is 5.91 Å². The van der Waals surface area contributed by atoms with Crippen LogP contribution in [-0.2, 0) is 14.3 Å². The number of ether oxygens (including phenoxy) is 3. The van der Waals surface area contributed by atoms with Crippen molar-refractivity contribution in [3.63, 3.8) is 0 Å². The average Bonchev–Trinajstić information content (AvgIpc) is 3.10. The van der Waals surface area contributed by atoms with Gasteiger partial charge in [0.2, 0.25) is 0 Å². The maximum absolute atomic E-state index is 13.3. The number of hydrogen-bond donors (Lipinski definition) is 1. The third-order valence-corrected chi connectivity index (χ3v) is 5.53. The molecule has 0 saturated heterocycles. The van der Waals surface area contributed by atoms with E-state index in [1.165, 1.54) is 18.1 Å². The molecular formula is C27H31NO6. The molecule has 34 heavy (non-hydrogen) atoms. The number of carbonyl (C=O) groups excluding carboxylic acids is 2. The first-order chi connectivity index (χ1) is 16.4. The Labute approximate surface area is 200 Å². The summed E-state index contributed by atoms with van der Waals surface area (Å²) in [5.74, 6) is -0.558. The molecule has 0 saturated carbocycles. The number of methoxy groups -OCH3 is 2. The van der Waals surface area contributed by atoms with Crippen LogP contribution in [-0.4, -0.2) is 55.2 Å². The molecule has 0 radical (unpaired) electrons. The lowest BCUT2D eigenvalue weighted by atomic mass is 9.94. The monoisotopic (exact) mass is 465 g/mol. The molecule has 1 heterocycles. The van der Waals surface area contributed by atoms with E-state index in [0.717, 1.165) is 5.56 Å².